The first kappa shape index (κ1) is 20.7. The highest BCUT2D eigenvalue weighted by Crippen LogP contribution is 2.27. The lowest BCUT2D eigenvalue weighted by Crippen LogP contribution is -2.12. The molecule has 0 radical (unpaired) electrons. The maximum absolute atomic E-state index is 13.8. The summed E-state index contributed by atoms with van der Waals surface area (Å²) in [6.45, 7) is -0.547. The molecule has 0 saturated heterocycles. The molecule has 31 heavy (non-hydrogen) atoms. The highest BCUT2D eigenvalue weighted by molar-refractivity contribution is 6.31. The number of ether oxygens (including phenoxy) is 1. The van der Waals surface area contributed by atoms with E-state index in [-0.39, 0.29) is 22.2 Å². The normalized spacial score (nSPS) is 11.0. The van der Waals surface area contributed by atoms with E-state index in [9.17, 15) is 22.4 Å². The van der Waals surface area contributed by atoms with Gasteiger partial charge in [-0.3, -0.25) is 9.89 Å². The monoisotopic (exact) mass is 449 g/mol. The van der Waals surface area contributed by atoms with Gasteiger partial charge in [0, 0.05) is 10.9 Å². The number of hydrogen-bond acceptors (Lipinski definition) is 3. The number of halogens is 5. The SMILES string of the molecule is O=C(Nc1n[nH]c2ccc(OCc3c(F)ccc(F)c3F)cc12)c1ccc(F)c(Cl)c1. The number of nitrogens with zero attached hydrogens (tertiary/aromatic N) is 1. The number of carbonyl (C=O) groups is 1. The molecule has 4 rings (SSSR count). The van der Waals surface area contributed by atoms with Gasteiger partial charge in [-0.2, -0.15) is 5.10 Å². The van der Waals surface area contributed by atoms with Crippen molar-refractivity contribution in [2.75, 3.05) is 5.32 Å². The number of benzene rings is 3. The molecule has 5 nitrogen and oxygen atoms in total. The van der Waals surface area contributed by atoms with Crippen LogP contribution in [0.5, 0.6) is 5.75 Å². The molecule has 1 aromatic heterocycles. The second-order valence-electron chi connectivity index (χ2n) is 6.47. The summed E-state index contributed by atoms with van der Waals surface area (Å²) in [5, 5.41) is 9.54. The molecule has 0 saturated carbocycles. The van der Waals surface area contributed by atoms with Crippen LogP contribution in [0.2, 0.25) is 5.02 Å². The lowest BCUT2D eigenvalue weighted by atomic mass is 10.2. The Hall–Kier alpha value is -3.59. The van der Waals surface area contributed by atoms with Crippen molar-refractivity contribution in [1.29, 1.82) is 0 Å². The molecule has 0 spiro atoms. The predicted molar refractivity (Wildman–Crippen MR) is 106 cm³/mol. The van der Waals surface area contributed by atoms with E-state index in [1.807, 2.05) is 0 Å². The van der Waals surface area contributed by atoms with Gasteiger partial charge in [-0.1, -0.05) is 11.6 Å². The van der Waals surface area contributed by atoms with E-state index < -0.39 is 41.3 Å². The topological polar surface area (TPSA) is 67.0 Å². The van der Waals surface area contributed by atoms with E-state index in [4.69, 9.17) is 16.3 Å². The molecule has 0 aliphatic heterocycles. The minimum absolute atomic E-state index is 0.118. The first-order chi connectivity index (χ1) is 14.8. The fourth-order valence-electron chi connectivity index (χ4n) is 2.85. The van der Waals surface area contributed by atoms with Crippen LogP contribution in [0, 0.1) is 23.3 Å². The van der Waals surface area contributed by atoms with Crippen LogP contribution >= 0.6 is 11.6 Å². The molecular formula is C21H12ClF4N3O2. The average molecular weight is 450 g/mol. The molecule has 4 aromatic rings. The molecule has 2 N–H and O–H groups in total. The van der Waals surface area contributed by atoms with Crippen LogP contribution in [-0.4, -0.2) is 16.1 Å². The molecule has 0 unspecified atom stereocenters. The molecule has 0 bridgehead atoms. The number of aromatic nitrogens is 2. The number of H-pyrrole nitrogens is 1. The molecule has 0 aliphatic carbocycles. The van der Waals surface area contributed by atoms with Crippen LogP contribution in [-0.2, 0) is 6.61 Å². The molecular weight excluding hydrogens is 438 g/mol. The summed E-state index contributed by atoms with van der Waals surface area (Å²) < 4.78 is 59.6. The van der Waals surface area contributed by atoms with Crippen LogP contribution in [0.4, 0.5) is 23.4 Å². The van der Waals surface area contributed by atoms with Crippen LogP contribution in [0.15, 0.2) is 48.5 Å². The smallest absolute Gasteiger partial charge is 0.256 e. The Labute approximate surface area is 177 Å². The Morgan fingerprint density at radius 1 is 1.00 bits per heavy atom. The van der Waals surface area contributed by atoms with Gasteiger partial charge in [0.2, 0.25) is 0 Å². The van der Waals surface area contributed by atoms with Gasteiger partial charge in [0.05, 0.1) is 16.1 Å². The molecule has 1 heterocycles. The third kappa shape index (κ3) is 4.17. The van der Waals surface area contributed by atoms with Crippen molar-refractivity contribution in [2.24, 2.45) is 0 Å². The van der Waals surface area contributed by atoms with E-state index in [0.717, 1.165) is 12.1 Å². The standard InChI is InChI=1S/C21H12ClF4N3O2/c22-14-7-10(1-3-16(14)24)21(30)27-20-12-8-11(2-6-18(12)28-29-20)31-9-13-15(23)4-5-17(25)19(13)26/h1-8H,9H2,(H2,27,28,29,30). The Bertz CT molecular complexity index is 1310. The van der Waals surface area contributed by atoms with E-state index in [2.05, 4.69) is 15.5 Å². The lowest BCUT2D eigenvalue weighted by molar-refractivity contribution is 0.102. The van der Waals surface area contributed by atoms with E-state index >= 15 is 0 Å². The minimum Gasteiger partial charge on any atom is -0.489 e. The number of hydrogen-bond donors (Lipinski definition) is 2. The van der Waals surface area contributed by atoms with Gasteiger partial charge in [0.25, 0.3) is 5.91 Å². The van der Waals surface area contributed by atoms with Gasteiger partial charge in [-0.15, -0.1) is 0 Å². The summed E-state index contributed by atoms with van der Waals surface area (Å²) in [4.78, 5) is 12.4. The maximum atomic E-state index is 13.8. The Morgan fingerprint density at radius 3 is 2.52 bits per heavy atom. The first-order valence-electron chi connectivity index (χ1n) is 8.83. The van der Waals surface area contributed by atoms with Crippen molar-refractivity contribution in [3.05, 3.63) is 87.9 Å². The van der Waals surface area contributed by atoms with Crippen molar-refractivity contribution in [1.82, 2.24) is 10.2 Å². The van der Waals surface area contributed by atoms with Gasteiger partial charge in [-0.05, 0) is 48.5 Å². The van der Waals surface area contributed by atoms with Crippen molar-refractivity contribution in [2.45, 2.75) is 6.61 Å². The number of amides is 1. The minimum atomic E-state index is -1.32. The zero-order valence-electron chi connectivity index (χ0n) is 15.5. The summed E-state index contributed by atoms with van der Waals surface area (Å²) in [6.07, 6.45) is 0. The van der Waals surface area contributed by atoms with Crippen LogP contribution in [0.3, 0.4) is 0 Å². The fourth-order valence-corrected chi connectivity index (χ4v) is 3.03. The summed E-state index contributed by atoms with van der Waals surface area (Å²) >= 11 is 5.70. The molecule has 1 amide bonds. The fraction of sp³-hybridized carbons (Fsp3) is 0.0476. The van der Waals surface area contributed by atoms with Gasteiger partial charge in [-0.25, -0.2) is 17.6 Å². The van der Waals surface area contributed by atoms with Crippen molar-refractivity contribution in [3.8, 4) is 5.75 Å². The molecule has 158 valence electrons. The van der Waals surface area contributed by atoms with Crippen LogP contribution in [0.1, 0.15) is 15.9 Å². The second kappa shape index (κ2) is 8.27. The molecule has 3 aromatic carbocycles. The number of anilines is 1. The largest absolute Gasteiger partial charge is 0.489 e. The highest BCUT2D eigenvalue weighted by atomic mass is 35.5. The zero-order chi connectivity index (χ0) is 22.1. The second-order valence-corrected chi connectivity index (χ2v) is 6.88. The number of nitrogens with one attached hydrogen (secondary N) is 2. The average Bonchev–Trinajstić information content (AvgIpc) is 3.15. The first-order valence-corrected chi connectivity index (χ1v) is 9.21. The lowest BCUT2D eigenvalue weighted by Gasteiger charge is -2.09. The van der Waals surface area contributed by atoms with Gasteiger partial charge < -0.3 is 10.1 Å². The quantitative estimate of drug-likeness (QED) is 0.308. The van der Waals surface area contributed by atoms with Crippen molar-refractivity contribution >= 4 is 34.2 Å². The number of fused-ring (bicyclic) bond motifs is 1. The third-order valence-corrected chi connectivity index (χ3v) is 4.76. The zero-order valence-corrected chi connectivity index (χ0v) is 16.2. The Balaban J connectivity index is 1.56. The number of rotatable bonds is 5. The molecule has 0 atom stereocenters. The summed E-state index contributed by atoms with van der Waals surface area (Å²) in [5.74, 6) is -4.33. The maximum Gasteiger partial charge on any atom is 0.256 e. The summed E-state index contributed by atoms with van der Waals surface area (Å²) in [7, 11) is 0. The number of carbonyl (C=O) groups excluding carboxylic acids is 1. The van der Waals surface area contributed by atoms with Crippen LogP contribution in [0.25, 0.3) is 10.9 Å². The third-order valence-electron chi connectivity index (χ3n) is 4.47. The summed E-state index contributed by atoms with van der Waals surface area (Å²) in [5.41, 5.74) is 0.115. The van der Waals surface area contributed by atoms with Gasteiger partial charge in [0.1, 0.15) is 24.0 Å². The van der Waals surface area contributed by atoms with E-state index in [1.165, 1.54) is 24.3 Å². The Morgan fingerprint density at radius 2 is 1.74 bits per heavy atom. The predicted octanol–water partition coefficient (Wildman–Crippen LogP) is 5.60. The Kier molecular flexibility index (Phi) is 5.51. The van der Waals surface area contributed by atoms with Gasteiger partial charge in [0.15, 0.2) is 17.5 Å². The van der Waals surface area contributed by atoms with Crippen molar-refractivity contribution < 1.29 is 27.1 Å². The summed E-state index contributed by atoms with van der Waals surface area (Å²) in [6, 6.07) is 9.60. The van der Waals surface area contributed by atoms with Crippen molar-refractivity contribution in [3.63, 3.8) is 0 Å². The van der Waals surface area contributed by atoms with Gasteiger partial charge >= 0.3 is 0 Å². The number of aromatic amines is 1. The van der Waals surface area contributed by atoms with E-state index in [1.54, 1.807) is 6.07 Å². The highest BCUT2D eigenvalue weighted by Gasteiger charge is 2.16. The van der Waals surface area contributed by atoms with E-state index in [0.29, 0.717) is 17.0 Å². The molecule has 0 fully saturated rings. The molecule has 0 aliphatic rings. The van der Waals surface area contributed by atoms with Crippen LogP contribution < -0.4 is 10.1 Å². The molecule has 10 heteroatoms.